The van der Waals surface area contributed by atoms with E-state index in [0.717, 1.165) is 19.3 Å². The van der Waals surface area contributed by atoms with Crippen molar-refractivity contribution in [1.82, 2.24) is 14.2 Å². The number of sulfonamides is 1. The molecule has 3 fully saturated rings. The van der Waals surface area contributed by atoms with Crippen LogP contribution in [0.1, 0.15) is 56.5 Å². The number of anilines is 1. The van der Waals surface area contributed by atoms with Crippen molar-refractivity contribution >= 4 is 21.8 Å². The third-order valence-electron chi connectivity index (χ3n) is 6.13. The molecule has 2 aliphatic heterocycles. The molecule has 0 bridgehead atoms. The highest BCUT2D eigenvalue weighted by Gasteiger charge is 2.36. The Bertz CT molecular complexity index is 925. The van der Waals surface area contributed by atoms with Crippen LogP contribution in [0.3, 0.4) is 0 Å². The topological polar surface area (TPSA) is 111 Å². The van der Waals surface area contributed by atoms with Crippen molar-refractivity contribution in [2.75, 3.05) is 49.9 Å². The van der Waals surface area contributed by atoms with E-state index in [-0.39, 0.29) is 24.1 Å². The predicted molar refractivity (Wildman–Crippen MR) is 110 cm³/mol. The molecule has 1 amide bonds. The molecular weight excluding hydrogens is 406 g/mol. The summed E-state index contributed by atoms with van der Waals surface area (Å²) in [5, 5.41) is 9.39. The number of carbonyl (C=O) groups excluding carboxylic acids is 1. The summed E-state index contributed by atoms with van der Waals surface area (Å²) in [7, 11) is -3.28. The average molecular weight is 436 g/mol. The molecule has 4 rings (SSSR count). The third kappa shape index (κ3) is 4.32. The Hall–Kier alpha value is -2.12. The molecule has 1 atom stereocenters. The zero-order chi connectivity index (χ0) is 21.3. The fourth-order valence-corrected chi connectivity index (χ4v) is 5.88. The summed E-state index contributed by atoms with van der Waals surface area (Å²) in [4.78, 5) is 21.2. The summed E-state index contributed by atoms with van der Waals surface area (Å²) in [6, 6.07) is 2.12. The van der Waals surface area contributed by atoms with Gasteiger partial charge in [-0.15, -0.1) is 0 Å². The molecular formula is C20H29N5O4S. The summed E-state index contributed by atoms with van der Waals surface area (Å²) < 4.78 is 32.2. The van der Waals surface area contributed by atoms with E-state index in [1.165, 1.54) is 4.31 Å². The van der Waals surface area contributed by atoms with Crippen molar-refractivity contribution in [2.24, 2.45) is 5.92 Å². The van der Waals surface area contributed by atoms with Crippen molar-refractivity contribution in [2.45, 2.75) is 44.9 Å². The summed E-state index contributed by atoms with van der Waals surface area (Å²) in [6.45, 7) is 4.85. The molecule has 0 spiro atoms. The number of piperidine rings is 1. The molecule has 10 heteroatoms. The maximum atomic E-state index is 13.0. The minimum absolute atomic E-state index is 0.0304. The molecule has 1 aliphatic carbocycles. The number of piperazine rings is 1. The van der Waals surface area contributed by atoms with E-state index < -0.39 is 10.0 Å². The zero-order valence-corrected chi connectivity index (χ0v) is 18.2. The van der Waals surface area contributed by atoms with Crippen LogP contribution in [0.2, 0.25) is 0 Å². The lowest BCUT2D eigenvalue weighted by Crippen LogP contribution is -2.53. The van der Waals surface area contributed by atoms with Gasteiger partial charge in [0.05, 0.1) is 11.7 Å². The Kier molecular flexibility index (Phi) is 6.02. The lowest BCUT2D eigenvalue weighted by atomic mass is 9.98. The van der Waals surface area contributed by atoms with E-state index in [9.17, 15) is 18.5 Å². The van der Waals surface area contributed by atoms with Crippen LogP contribution >= 0.6 is 0 Å². The number of aromatic nitrogens is 1. The fraction of sp³-hybridized carbons (Fsp3) is 0.750. The summed E-state index contributed by atoms with van der Waals surface area (Å²) in [5.41, 5.74) is 0.320. The molecule has 1 aromatic rings. The van der Waals surface area contributed by atoms with Crippen LogP contribution < -0.4 is 4.90 Å². The van der Waals surface area contributed by atoms with Gasteiger partial charge < -0.3 is 14.2 Å². The zero-order valence-electron chi connectivity index (χ0n) is 17.4. The average Bonchev–Trinajstić information content (AvgIpc) is 3.52. The van der Waals surface area contributed by atoms with Gasteiger partial charge in [-0.05, 0) is 32.1 Å². The molecule has 1 aromatic heterocycles. The number of carbonyl (C=O) groups is 1. The molecule has 0 unspecified atom stereocenters. The number of nitrogens with zero attached hydrogens (tertiary/aromatic N) is 5. The van der Waals surface area contributed by atoms with Gasteiger partial charge in [0.25, 0.3) is 0 Å². The lowest BCUT2D eigenvalue weighted by Gasteiger charge is -2.38. The van der Waals surface area contributed by atoms with Crippen molar-refractivity contribution in [3.8, 4) is 6.07 Å². The number of amides is 1. The number of hydrogen-bond donors (Lipinski definition) is 0. The van der Waals surface area contributed by atoms with E-state index in [1.54, 1.807) is 0 Å². The van der Waals surface area contributed by atoms with E-state index in [4.69, 9.17) is 4.42 Å². The Morgan fingerprint density at radius 2 is 1.93 bits per heavy atom. The van der Waals surface area contributed by atoms with Gasteiger partial charge in [-0.25, -0.2) is 17.7 Å². The summed E-state index contributed by atoms with van der Waals surface area (Å²) >= 11 is 0. The van der Waals surface area contributed by atoms with Crippen molar-refractivity contribution in [1.29, 1.82) is 5.26 Å². The molecule has 0 aromatic carbocycles. The maximum Gasteiger partial charge on any atom is 0.234 e. The Balaban J connectivity index is 1.36. The molecule has 30 heavy (non-hydrogen) atoms. The first kappa shape index (κ1) is 21.1. The van der Waals surface area contributed by atoms with E-state index in [0.29, 0.717) is 69.0 Å². The van der Waals surface area contributed by atoms with Crippen LogP contribution in [0.5, 0.6) is 0 Å². The molecule has 9 nitrogen and oxygen atoms in total. The smallest absolute Gasteiger partial charge is 0.234 e. The van der Waals surface area contributed by atoms with E-state index >= 15 is 0 Å². The lowest BCUT2D eigenvalue weighted by molar-refractivity contribution is -0.137. The van der Waals surface area contributed by atoms with Crippen LogP contribution in [0.25, 0.3) is 0 Å². The number of nitriles is 1. The highest BCUT2D eigenvalue weighted by molar-refractivity contribution is 7.89. The van der Waals surface area contributed by atoms with Crippen LogP contribution in [0.4, 0.5) is 5.88 Å². The molecule has 1 saturated carbocycles. The number of rotatable bonds is 6. The Morgan fingerprint density at radius 3 is 2.57 bits per heavy atom. The second kappa shape index (κ2) is 8.55. The summed E-state index contributed by atoms with van der Waals surface area (Å²) in [5.74, 6) is 1.39. The molecule has 164 valence electrons. The van der Waals surface area contributed by atoms with E-state index in [1.807, 2.05) is 16.7 Å². The predicted octanol–water partition coefficient (Wildman–Crippen LogP) is 1.52. The monoisotopic (exact) mass is 435 g/mol. The maximum absolute atomic E-state index is 13.0. The Morgan fingerprint density at radius 1 is 1.20 bits per heavy atom. The van der Waals surface area contributed by atoms with Gasteiger partial charge in [0.15, 0.2) is 0 Å². The van der Waals surface area contributed by atoms with Gasteiger partial charge in [0, 0.05) is 45.2 Å². The standard InChI is InChI=1S/C20H29N5O4S/c1-2-12-30(27,28)25-7-3-4-16(14-25)19(26)23-8-10-24(11-9-23)20-17(13-21)22-18(29-20)15-5-6-15/h15-16H,2-12,14H2,1H3/t16-/m0/s1. The van der Waals surface area contributed by atoms with Crippen molar-refractivity contribution in [3.63, 3.8) is 0 Å². The molecule has 0 N–H and O–H groups in total. The van der Waals surface area contributed by atoms with Crippen LogP contribution in [-0.2, 0) is 14.8 Å². The quantitative estimate of drug-likeness (QED) is 0.666. The second-order valence-electron chi connectivity index (χ2n) is 8.42. The third-order valence-corrected chi connectivity index (χ3v) is 8.17. The minimum atomic E-state index is -3.28. The fourth-order valence-electron chi connectivity index (χ4n) is 4.29. The number of oxazole rings is 1. The van der Waals surface area contributed by atoms with Gasteiger partial charge in [0.2, 0.25) is 33.4 Å². The molecule has 0 radical (unpaired) electrons. The normalized spacial score (nSPS) is 23.4. The summed E-state index contributed by atoms with van der Waals surface area (Å²) in [6.07, 6.45) is 4.13. The van der Waals surface area contributed by atoms with E-state index in [2.05, 4.69) is 11.1 Å². The van der Waals surface area contributed by atoms with Gasteiger partial charge >= 0.3 is 0 Å². The van der Waals surface area contributed by atoms with Gasteiger partial charge in [-0.1, -0.05) is 6.92 Å². The van der Waals surface area contributed by atoms with Crippen LogP contribution in [-0.4, -0.2) is 73.5 Å². The van der Waals surface area contributed by atoms with Crippen molar-refractivity contribution in [3.05, 3.63) is 11.6 Å². The first-order valence-corrected chi connectivity index (χ1v) is 12.5. The molecule has 2 saturated heterocycles. The second-order valence-corrected chi connectivity index (χ2v) is 10.5. The first-order chi connectivity index (χ1) is 14.4. The molecule has 3 aliphatic rings. The highest BCUT2D eigenvalue weighted by atomic mass is 32.2. The highest BCUT2D eigenvalue weighted by Crippen LogP contribution is 2.41. The minimum Gasteiger partial charge on any atom is -0.423 e. The first-order valence-electron chi connectivity index (χ1n) is 10.8. The van der Waals surface area contributed by atoms with Gasteiger partial charge in [0.1, 0.15) is 6.07 Å². The van der Waals surface area contributed by atoms with Crippen LogP contribution in [0.15, 0.2) is 4.42 Å². The Labute approximate surface area is 177 Å². The SMILES string of the molecule is CCCS(=O)(=O)N1CCC[C@H](C(=O)N2CCN(c3oc(C4CC4)nc3C#N)CC2)C1. The molecule has 3 heterocycles. The largest absolute Gasteiger partial charge is 0.423 e. The number of hydrogen-bond acceptors (Lipinski definition) is 7. The van der Waals surface area contributed by atoms with Crippen molar-refractivity contribution < 1.29 is 17.6 Å². The van der Waals surface area contributed by atoms with Crippen LogP contribution in [0, 0.1) is 17.2 Å². The van der Waals surface area contributed by atoms with Gasteiger partial charge in [-0.2, -0.15) is 5.26 Å². The van der Waals surface area contributed by atoms with Gasteiger partial charge in [-0.3, -0.25) is 4.79 Å².